The number of ether oxygens (including phenoxy) is 1. The monoisotopic (exact) mass is 236 g/mol. The fourth-order valence-corrected chi connectivity index (χ4v) is 3.34. The maximum absolute atomic E-state index is 5.52. The Balaban J connectivity index is 1.71. The molecule has 1 aromatic heterocycles. The van der Waals surface area contributed by atoms with Crippen LogP contribution in [0.5, 0.6) is 0 Å². The number of hydrogen-bond acceptors (Lipinski definition) is 4. The first-order chi connectivity index (χ1) is 8.28. The van der Waals surface area contributed by atoms with E-state index in [0.29, 0.717) is 18.2 Å². The van der Waals surface area contributed by atoms with Crippen molar-refractivity contribution in [3.63, 3.8) is 0 Å². The van der Waals surface area contributed by atoms with E-state index in [1.165, 1.54) is 31.2 Å². The number of hydrogen-bond donors (Lipinski definition) is 0. The Morgan fingerprint density at radius 1 is 1.41 bits per heavy atom. The van der Waals surface area contributed by atoms with E-state index in [2.05, 4.69) is 10.1 Å². The molecule has 2 saturated heterocycles. The van der Waals surface area contributed by atoms with Crippen molar-refractivity contribution in [1.82, 2.24) is 10.1 Å². The zero-order valence-electron chi connectivity index (χ0n) is 10.6. The second kappa shape index (κ2) is 4.42. The molecule has 3 atom stereocenters. The molecule has 2 aliphatic rings. The fraction of sp³-hybridized carbons (Fsp3) is 0.769. The number of aromatic nitrogens is 1. The Labute approximate surface area is 102 Å². The normalized spacial score (nSPS) is 33.2. The number of methoxy groups -OCH3 is 1. The summed E-state index contributed by atoms with van der Waals surface area (Å²) in [6.07, 6.45) is 7.31. The van der Waals surface area contributed by atoms with Gasteiger partial charge in [-0.3, -0.25) is 4.90 Å². The molecule has 1 unspecified atom stereocenters. The highest BCUT2D eigenvalue weighted by atomic mass is 16.5. The third kappa shape index (κ3) is 2.00. The van der Waals surface area contributed by atoms with Gasteiger partial charge >= 0.3 is 0 Å². The average molecular weight is 236 g/mol. The number of aryl methyl sites for hydroxylation is 1. The van der Waals surface area contributed by atoms with E-state index in [9.17, 15) is 0 Å². The van der Waals surface area contributed by atoms with E-state index in [0.717, 1.165) is 12.3 Å². The summed E-state index contributed by atoms with van der Waals surface area (Å²) in [6, 6.07) is 1.38. The molecule has 0 spiro atoms. The lowest BCUT2D eigenvalue weighted by Crippen LogP contribution is -2.44. The van der Waals surface area contributed by atoms with Gasteiger partial charge in [0.25, 0.3) is 0 Å². The van der Waals surface area contributed by atoms with Gasteiger partial charge in [-0.25, -0.2) is 0 Å². The molecule has 2 aliphatic heterocycles. The second-order valence-corrected chi connectivity index (χ2v) is 5.29. The highest BCUT2D eigenvalue weighted by molar-refractivity contribution is 5.13. The molecule has 1 aromatic rings. The minimum Gasteiger partial charge on any atom is -0.381 e. The number of rotatable bonds is 3. The van der Waals surface area contributed by atoms with Crippen molar-refractivity contribution in [2.24, 2.45) is 0 Å². The molecule has 0 N–H and O–H groups in total. The van der Waals surface area contributed by atoms with Crippen molar-refractivity contribution in [3.05, 3.63) is 17.5 Å². The summed E-state index contributed by atoms with van der Waals surface area (Å²) in [5.41, 5.74) is 1.23. The van der Waals surface area contributed by atoms with E-state index in [1.807, 2.05) is 20.2 Å². The van der Waals surface area contributed by atoms with E-state index in [1.54, 1.807) is 0 Å². The van der Waals surface area contributed by atoms with Crippen molar-refractivity contribution < 1.29 is 9.26 Å². The summed E-state index contributed by atoms with van der Waals surface area (Å²) < 4.78 is 10.7. The SMILES string of the molecule is COC1C[C@H]2CC[C@@H](C1)N2Cc1cnoc1C. The van der Waals surface area contributed by atoms with Gasteiger partial charge in [-0.05, 0) is 32.6 Å². The van der Waals surface area contributed by atoms with Gasteiger partial charge in [-0.2, -0.15) is 0 Å². The summed E-state index contributed by atoms with van der Waals surface area (Å²) in [5.74, 6) is 0.957. The Morgan fingerprint density at radius 2 is 2.12 bits per heavy atom. The molecule has 3 heterocycles. The molecule has 0 saturated carbocycles. The summed E-state index contributed by atoms with van der Waals surface area (Å²) in [7, 11) is 1.84. The zero-order valence-corrected chi connectivity index (χ0v) is 10.6. The molecule has 0 aliphatic carbocycles. The van der Waals surface area contributed by atoms with Crippen LogP contribution in [0, 0.1) is 6.92 Å². The number of fused-ring (bicyclic) bond motifs is 2. The van der Waals surface area contributed by atoms with Crippen LogP contribution in [0.3, 0.4) is 0 Å². The second-order valence-electron chi connectivity index (χ2n) is 5.29. The lowest BCUT2D eigenvalue weighted by atomic mass is 9.99. The van der Waals surface area contributed by atoms with Gasteiger partial charge in [-0.1, -0.05) is 5.16 Å². The van der Waals surface area contributed by atoms with Gasteiger partial charge in [0.2, 0.25) is 0 Å². The van der Waals surface area contributed by atoms with E-state index in [-0.39, 0.29) is 0 Å². The summed E-state index contributed by atoms with van der Waals surface area (Å²) >= 11 is 0. The molecule has 2 bridgehead atoms. The minimum atomic E-state index is 0.465. The van der Waals surface area contributed by atoms with Crippen LogP contribution in [0.15, 0.2) is 10.7 Å². The first-order valence-electron chi connectivity index (χ1n) is 6.46. The molecule has 4 nitrogen and oxygen atoms in total. The molecule has 4 heteroatoms. The predicted molar refractivity (Wildman–Crippen MR) is 63.6 cm³/mol. The topological polar surface area (TPSA) is 38.5 Å². The van der Waals surface area contributed by atoms with Gasteiger partial charge in [0.1, 0.15) is 5.76 Å². The van der Waals surface area contributed by atoms with Crippen LogP contribution >= 0.6 is 0 Å². The van der Waals surface area contributed by atoms with Crippen LogP contribution in [0.25, 0.3) is 0 Å². The highest BCUT2D eigenvalue weighted by Crippen LogP contribution is 2.37. The van der Waals surface area contributed by atoms with Crippen molar-refractivity contribution in [2.75, 3.05) is 7.11 Å². The molecular formula is C13H20N2O2. The van der Waals surface area contributed by atoms with Crippen molar-refractivity contribution in [2.45, 2.75) is 57.3 Å². The Hall–Kier alpha value is -0.870. The Kier molecular flexibility index (Phi) is 2.92. The van der Waals surface area contributed by atoms with Crippen LogP contribution in [0.4, 0.5) is 0 Å². The Morgan fingerprint density at radius 3 is 2.65 bits per heavy atom. The standard InChI is InChI=1S/C13H20N2O2/c1-9-10(7-14-17-9)8-15-11-3-4-12(15)6-13(5-11)16-2/h7,11-13H,3-6,8H2,1-2H3/t11-,12+,13?. The molecule has 94 valence electrons. The summed E-state index contributed by atoms with van der Waals surface area (Å²) in [4.78, 5) is 2.62. The Bertz CT molecular complexity index is 377. The van der Waals surface area contributed by atoms with E-state index < -0.39 is 0 Å². The largest absolute Gasteiger partial charge is 0.381 e. The first kappa shape index (κ1) is 11.2. The smallest absolute Gasteiger partial charge is 0.138 e. The molecule has 17 heavy (non-hydrogen) atoms. The fourth-order valence-electron chi connectivity index (χ4n) is 3.34. The van der Waals surface area contributed by atoms with E-state index >= 15 is 0 Å². The van der Waals surface area contributed by atoms with Crippen LogP contribution in [-0.2, 0) is 11.3 Å². The van der Waals surface area contributed by atoms with Crippen molar-refractivity contribution in [1.29, 1.82) is 0 Å². The van der Waals surface area contributed by atoms with Crippen LogP contribution < -0.4 is 0 Å². The third-order valence-corrected chi connectivity index (χ3v) is 4.38. The lowest BCUT2D eigenvalue weighted by molar-refractivity contribution is 0.00239. The van der Waals surface area contributed by atoms with Gasteiger partial charge < -0.3 is 9.26 Å². The van der Waals surface area contributed by atoms with Gasteiger partial charge in [-0.15, -0.1) is 0 Å². The summed E-state index contributed by atoms with van der Waals surface area (Å²) in [6.45, 7) is 2.98. The van der Waals surface area contributed by atoms with Gasteiger partial charge in [0.15, 0.2) is 0 Å². The molecule has 3 rings (SSSR count). The van der Waals surface area contributed by atoms with Gasteiger partial charge in [0, 0.05) is 31.3 Å². The molecular weight excluding hydrogens is 216 g/mol. The molecule has 0 radical (unpaired) electrons. The van der Waals surface area contributed by atoms with Crippen molar-refractivity contribution >= 4 is 0 Å². The van der Waals surface area contributed by atoms with Crippen LogP contribution in [-0.4, -0.2) is 35.4 Å². The molecule has 0 aromatic carbocycles. The minimum absolute atomic E-state index is 0.465. The maximum atomic E-state index is 5.52. The zero-order chi connectivity index (χ0) is 11.8. The molecule has 2 fully saturated rings. The maximum Gasteiger partial charge on any atom is 0.138 e. The molecule has 0 amide bonds. The number of piperidine rings is 1. The predicted octanol–water partition coefficient (Wildman–Crippen LogP) is 2.12. The highest BCUT2D eigenvalue weighted by Gasteiger charge is 2.40. The third-order valence-electron chi connectivity index (χ3n) is 4.38. The van der Waals surface area contributed by atoms with Crippen LogP contribution in [0.2, 0.25) is 0 Å². The van der Waals surface area contributed by atoms with Crippen molar-refractivity contribution in [3.8, 4) is 0 Å². The van der Waals surface area contributed by atoms with Crippen LogP contribution in [0.1, 0.15) is 37.0 Å². The quantitative estimate of drug-likeness (QED) is 0.806. The first-order valence-corrected chi connectivity index (χ1v) is 6.46. The number of nitrogens with zero attached hydrogens (tertiary/aromatic N) is 2. The van der Waals surface area contributed by atoms with Gasteiger partial charge in [0.05, 0.1) is 12.3 Å². The average Bonchev–Trinajstić information content (AvgIpc) is 2.82. The summed E-state index contributed by atoms with van der Waals surface area (Å²) in [5, 5.41) is 3.86. The van der Waals surface area contributed by atoms with E-state index in [4.69, 9.17) is 9.26 Å². The lowest BCUT2D eigenvalue weighted by Gasteiger charge is -2.38.